The van der Waals surface area contributed by atoms with Gasteiger partial charge in [-0.3, -0.25) is 4.79 Å². The van der Waals surface area contributed by atoms with Crippen molar-refractivity contribution in [1.82, 2.24) is 10.3 Å². The lowest BCUT2D eigenvalue weighted by molar-refractivity contribution is -0.122. The summed E-state index contributed by atoms with van der Waals surface area (Å²) in [5.41, 5.74) is 6.89. The molecule has 1 aromatic heterocycles. The summed E-state index contributed by atoms with van der Waals surface area (Å²) in [7, 11) is 0. The Balaban J connectivity index is 0.00000264. The fraction of sp³-hybridized carbons (Fsp3) is 0.267. The lowest BCUT2D eigenvalue weighted by atomic mass is 10.1. The van der Waals surface area contributed by atoms with Crippen molar-refractivity contribution < 1.29 is 14.3 Å². The van der Waals surface area contributed by atoms with Crippen molar-refractivity contribution in [2.75, 3.05) is 6.61 Å². The first-order valence-corrected chi connectivity index (χ1v) is 7.69. The van der Waals surface area contributed by atoms with Gasteiger partial charge in [-0.1, -0.05) is 30.3 Å². The molecule has 2 rings (SSSR count). The summed E-state index contributed by atoms with van der Waals surface area (Å²) in [6, 6.07) is 8.38. The molecular weight excluding hydrogens is 373 g/mol. The fourth-order valence-electron chi connectivity index (χ4n) is 1.78. The van der Waals surface area contributed by atoms with Gasteiger partial charge in [-0.25, -0.2) is 9.78 Å². The number of carbonyl (C=O) groups is 2. The van der Waals surface area contributed by atoms with Gasteiger partial charge in [0.25, 0.3) is 0 Å². The molecule has 1 heterocycles. The zero-order valence-electron chi connectivity index (χ0n) is 12.9. The maximum Gasteiger partial charge on any atom is 0.357 e. The predicted octanol–water partition coefficient (Wildman–Crippen LogP) is 2.48. The summed E-state index contributed by atoms with van der Waals surface area (Å²) in [6.07, 6.45) is 0. The number of hydrogen-bond donors (Lipinski definition) is 2. The van der Waals surface area contributed by atoms with Gasteiger partial charge in [0.05, 0.1) is 13.2 Å². The van der Waals surface area contributed by atoms with Crippen molar-refractivity contribution in [2.45, 2.75) is 19.5 Å². The lowest BCUT2D eigenvalue weighted by Gasteiger charge is -2.11. The summed E-state index contributed by atoms with van der Waals surface area (Å²) in [4.78, 5) is 27.6. The third kappa shape index (κ3) is 6.09. The number of benzene rings is 1. The highest BCUT2D eigenvalue weighted by molar-refractivity contribution is 7.09. The molecule has 0 bridgehead atoms. The smallest absolute Gasteiger partial charge is 0.357 e. The van der Waals surface area contributed by atoms with Crippen LogP contribution in [0.1, 0.15) is 34.0 Å². The molecule has 132 valence electrons. The molecule has 0 aliphatic rings. The first kappa shape index (κ1) is 22.3. The number of nitrogens with one attached hydrogen (secondary N) is 1. The molecule has 9 heteroatoms. The van der Waals surface area contributed by atoms with Gasteiger partial charge in [-0.15, -0.1) is 36.2 Å². The highest BCUT2D eigenvalue weighted by Gasteiger charge is 2.16. The third-order valence-corrected chi connectivity index (χ3v) is 3.74. The van der Waals surface area contributed by atoms with Gasteiger partial charge in [0.1, 0.15) is 11.0 Å². The molecule has 24 heavy (non-hydrogen) atoms. The SMILES string of the molecule is CCOC(=O)c1csc(CNC(=O)C(N)c2ccccc2)n1.Cl.Cl. The molecule has 1 aromatic carbocycles. The number of aromatic nitrogens is 1. The van der Waals surface area contributed by atoms with Crippen LogP contribution in [0.5, 0.6) is 0 Å². The van der Waals surface area contributed by atoms with Gasteiger partial charge >= 0.3 is 5.97 Å². The van der Waals surface area contributed by atoms with Crippen LogP contribution in [0.2, 0.25) is 0 Å². The van der Waals surface area contributed by atoms with E-state index in [9.17, 15) is 9.59 Å². The molecule has 0 spiro atoms. The Morgan fingerprint density at radius 3 is 2.58 bits per heavy atom. The Morgan fingerprint density at radius 1 is 1.29 bits per heavy atom. The fourth-order valence-corrected chi connectivity index (χ4v) is 2.48. The zero-order valence-corrected chi connectivity index (χ0v) is 15.4. The van der Waals surface area contributed by atoms with Gasteiger partial charge < -0.3 is 15.8 Å². The van der Waals surface area contributed by atoms with Gasteiger partial charge in [-0.2, -0.15) is 0 Å². The summed E-state index contributed by atoms with van der Waals surface area (Å²) >= 11 is 1.29. The number of nitrogens with zero attached hydrogens (tertiary/aromatic N) is 1. The predicted molar refractivity (Wildman–Crippen MR) is 97.8 cm³/mol. The number of halogens is 2. The van der Waals surface area contributed by atoms with E-state index in [1.165, 1.54) is 11.3 Å². The first-order chi connectivity index (χ1) is 10.6. The van der Waals surface area contributed by atoms with Gasteiger partial charge in [0, 0.05) is 5.38 Å². The minimum Gasteiger partial charge on any atom is -0.461 e. The van der Waals surface area contributed by atoms with Crippen LogP contribution in [0, 0.1) is 0 Å². The van der Waals surface area contributed by atoms with Crippen molar-refractivity contribution in [3.05, 3.63) is 52.0 Å². The molecule has 0 saturated heterocycles. The van der Waals surface area contributed by atoms with Gasteiger partial charge in [0.2, 0.25) is 5.91 Å². The Labute approximate surface area is 156 Å². The van der Waals surface area contributed by atoms with E-state index in [-0.39, 0.29) is 43.0 Å². The summed E-state index contributed by atoms with van der Waals surface area (Å²) in [6.45, 7) is 2.26. The second-order valence-electron chi connectivity index (χ2n) is 4.45. The van der Waals surface area contributed by atoms with E-state index in [0.717, 1.165) is 5.56 Å². The molecule has 0 aliphatic carbocycles. The van der Waals surface area contributed by atoms with Crippen molar-refractivity contribution in [2.24, 2.45) is 5.73 Å². The van der Waals surface area contributed by atoms with Crippen LogP contribution in [-0.2, 0) is 16.1 Å². The highest BCUT2D eigenvalue weighted by atomic mass is 35.5. The molecule has 0 aliphatic heterocycles. The van der Waals surface area contributed by atoms with E-state index >= 15 is 0 Å². The Kier molecular flexibility index (Phi) is 10.2. The van der Waals surface area contributed by atoms with Crippen LogP contribution >= 0.6 is 36.2 Å². The standard InChI is InChI=1S/C15H17N3O3S.2ClH/c1-2-21-15(20)11-9-22-12(18-11)8-17-14(19)13(16)10-6-4-3-5-7-10;;/h3-7,9,13H,2,8,16H2,1H3,(H,17,19);2*1H. The Bertz CT molecular complexity index is 652. The Morgan fingerprint density at radius 2 is 1.96 bits per heavy atom. The molecule has 1 unspecified atom stereocenters. The minimum absolute atomic E-state index is 0. The van der Waals surface area contributed by atoms with Crippen molar-refractivity contribution >= 4 is 48.0 Å². The number of esters is 1. The first-order valence-electron chi connectivity index (χ1n) is 6.81. The summed E-state index contributed by atoms with van der Waals surface area (Å²) in [5, 5.41) is 4.94. The molecule has 0 saturated carbocycles. The van der Waals surface area contributed by atoms with Crippen LogP contribution in [0.15, 0.2) is 35.7 Å². The second-order valence-corrected chi connectivity index (χ2v) is 5.40. The number of amides is 1. The van der Waals surface area contributed by atoms with Crippen molar-refractivity contribution in [3.63, 3.8) is 0 Å². The average molecular weight is 392 g/mol. The molecule has 0 fully saturated rings. The third-order valence-electron chi connectivity index (χ3n) is 2.89. The summed E-state index contributed by atoms with van der Waals surface area (Å²) < 4.78 is 4.86. The molecule has 1 atom stereocenters. The number of rotatable bonds is 6. The maximum absolute atomic E-state index is 12.0. The molecule has 0 radical (unpaired) electrons. The monoisotopic (exact) mass is 391 g/mol. The van der Waals surface area contributed by atoms with Crippen molar-refractivity contribution in [1.29, 1.82) is 0 Å². The second kappa shape index (κ2) is 11.0. The zero-order chi connectivity index (χ0) is 15.9. The quantitative estimate of drug-likeness (QED) is 0.737. The number of nitrogens with two attached hydrogens (primary N) is 1. The molecule has 6 nitrogen and oxygen atoms in total. The van der Waals surface area contributed by atoms with E-state index < -0.39 is 12.0 Å². The number of hydrogen-bond acceptors (Lipinski definition) is 6. The summed E-state index contributed by atoms with van der Waals surface area (Å²) in [5.74, 6) is -0.753. The number of thiazole rings is 1. The number of ether oxygens (including phenoxy) is 1. The Hall–Kier alpha value is -1.67. The highest BCUT2D eigenvalue weighted by Crippen LogP contribution is 2.12. The molecule has 1 amide bonds. The van der Waals surface area contributed by atoms with Gasteiger partial charge in [0.15, 0.2) is 5.69 Å². The maximum atomic E-state index is 12.0. The average Bonchev–Trinajstić information content (AvgIpc) is 3.02. The van der Waals surface area contributed by atoms with E-state index in [1.54, 1.807) is 24.4 Å². The molecule has 3 N–H and O–H groups in total. The van der Waals surface area contributed by atoms with E-state index in [4.69, 9.17) is 10.5 Å². The number of carbonyl (C=O) groups excluding carboxylic acids is 2. The largest absolute Gasteiger partial charge is 0.461 e. The molecular formula is C15H19Cl2N3O3S. The normalized spacial score (nSPS) is 10.8. The van der Waals surface area contributed by atoms with Crippen LogP contribution in [-0.4, -0.2) is 23.5 Å². The topological polar surface area (TPSA) is 94.3 Å². The van der Waals surface area contributed by atoms with Crippen molar-refractivity contribution in [3.8, 4) is 0 Å². The minimum atomic E-state index is -0.731. The van der Waals surface area contributed by atoms with Gasteiger partial charge in [-0.05, 0) is 12.5 Å². The van der Waals surface area contributed by atoms with E-state index in [0.29, 0.717) is 11.6 Å². The van der Waals surface area contributed by atoms with Crippen LogP contribution in [0.3, 0.4) is 0 Å². The van der Waals surface area contributed by atoms with Crippen LogP contribution < -0.4 is 11.1 Å². The van der Waals surface area contributed by atoms with E-state index in [1.807, 2.05) is 18.2 Å². The van der Waals surface area contributed by atoms with Crippen LogP contribution in [0.4, 0.5) is 0 Å². The van der Waals surface area contributed by atoms with E-state index in [2.05, 4.69) is 10.3 Å². The lowest BCUT2D eigenvalue weighted by Crippen LogP contribution is -2.33. The molecule has 2 aromatic rings. The van der Waals surface area contributed by atoms with Crippen LogP contribution in [0.25, 0.3) is 0 Å².